The fraction of sp³-hybridized carbons (Fsp3) is 0.579. The Labute approximate surface area is 152 Å². The van der Waals surface area contributed by atoms with Crippen LogP contribution in [0.5, 0.6) is 0 Å². The predicted octanol–water partition coefficient (Wildman–Crippen LogP) is 2.33. The van der Waals surface area contributed by atoms with Crippen molar-refractivity contribution in [3.05, 3.63) is 29.3 Å². The number of halogens is 1. The molecule has 5 nitrogen and oxygen atoms in total. The molecule has 1 aromatic carbocycles. The van der Waals surface area contributed by atoms with Gasteiger partial charge < -0.3 is 16.0 Å². The molecule has 1 heterocycles. The number of hydrogen-bond donors (Lipinski definition) is 2. The molecule has 0 aromatic heterocycles. The van der Waals surface area contributed by atoms with Crippen LogP contribution in [0, 0.1) is 17.8 Å². The van der Waals surface area contributed by atoms with Gasteiger partial charge in [0.15, 0.2) is 0 Å². The van der Waals surface area contributed by atoms with Crippen molar-refractivity contribution in [2.24, 2.45) is 23.5 Å². The zero-order chi connectivity index (χ0) is 17.6. The van der Waals surface area contributed by atoms with Crippen molar-refractivity contribution in [2.75, 3.05) is 11.4 Å². The smallest absolute Gasteiger partial charge is 0.249 e. The van der Waals surface area contributed by atoms with Crippen molar-refractivity contribution in [1.29, 1.82) is 0 Å². The Hall–Kier alpha value is -1.59. The number of carbonyl (C=O) groups is 2. The van der Waals surface area contributed by atoms with Crippen LogP contribution in [0.3, 0.4) is 0 Å². The fourth-order valence-corrected chi connectivity index (χ4v) is 5.15. The monoisotopic (exact) mass is 361 g/mol. The van der Waals surface area contributed by atoms with Gasteiger partial charge in [-0.25, -0.2) is 0 Å². The van der Waals surface area contributed by atoms with Gasteiger partial charge in [-0.1, -0.05) is 23.7 Å². The van der Waals surface area contributed by atoms with Crippen LogP contribution in [-0.2, 0) is 9.59 Å². The first-order valence-corrected chi connectivity index (χ1v) is 9.56. The number of nitrogens with two attached hydrogens (primary N) is 1. The van der Waals surface area contributed by atoms with Gasteiger partial charge in [0.25, 0.3) is 0 Å². The molecule has 2 saturated carbocycles. The van der Waals surface area contributed by atoms with Crippen molar-refractivity contribution in [2.45, 2.75) is 44.2 Å². The van der Waals surface area contributed by atoms with E-state index in [9.17, 15) is 9.59 Å². The van der Waals surface area contributed by atoms with E-state index in [1.54, 1.807) is 11.0 Å². The lowest BCUT2D eigenvalue weighted by molar-refractivity contribution is -0.132. The van der Waals surface area contributed by atoms with Crippen molar-refractivity contribution >= 4 is 29.1 Å². The number of nitrogens with zero attached hydrogens (tertiary/aromatic N) is 1. The third-order valence-electron chi connectivity index (χ3n) is 6.18. The Morgan fingerprint density at radius 1 is 1.20 bits per heavy atom. The number of rotatable bonds is 3. The SMILES string of the molecule is NC1C2CCC(C2)C1C(=O)NC1CCCN(c2ccccc2Cl)C1=O. The Bertz CT molecular complexity index is 693. The van der Waals surface area contributed by atoms with Crippen LogP contribution in [0.1, 0.15) is 32.1 Å². The van der Waals surface area contributed by atoms with Gasteiger partial charge in [-0.05, 0) is 56.1 Å². The molecule has 2 aliphatic carbocycles. The summed E-state index contributed by atoms with van der Waals surface area (Å²) in [5.74, 6) is 0.603. The highest BCUT2D eigenvalue weighted by molar-refractivity contribution is 6.33. The third kappa shape index (κ3) is 2.93. The molecule has 3 aliphatic rings. The molecule has 1 aliphatic heterocycles. The maximum absolute atomic E-state index is 12.9. The largest absolute Gasteiger partial charge is 0.344 e. The first-order chi connectivity index (χ1) is 12.1. The Kier molecular flexibility index (Phi) is 4.46. The molecule has 4 rings (SSSR count). The van der Waals surface area contributed by atoms with E-state index in [1.807, 2.05) is 18.2 Å². The molecule has 3 fully saturated rings. The summed E-state index contributed by atoms with van der Waals surface area (Å²) >= 11 is 6.24. The van der Waals surface area contributed by atoms with E-state index in [0.717, 1.165) is 25.7 Å². The molecule has 5 unspecified atom stereocenters. The zero-order valence-electron chi connectivity index (χ0n) is 14.2. The standard InChI is InChI=1S/C19H24ClN3O2/c20-13-4-1-2-6-15(13)23-9-3-5-14(19(23)25)22-18(24)16-11-7-8-12(10-11)17(16)21/h1-2,4,6,11-12,14,16-17H,3,5,7-10,21H2,(H,22,24). The molecule has 1 aromatic rings. The summed E-state index contributed by atoms with van der Waals surface area (Å²) in [5, 5.41) is 3.55. The van der Waals surface area contributed by atoms with Crippen molar-refractivity contribution in [3.8, 4) is 0 Å². The maximum atomic E-state index is 12.9. The van der Waals surface area contributed by atoms with Crippen LogP contribution in [0.15, 0.2) is 24.3 Å². The number of para-hydroxylation sites is 1. The van der Waals surface area contributed by atoms with E-state index < -0.39 is 6.04 Å². The molecule has 2 amide bonds. The lowest BCUT2D eigenvalue weighted by Gasteiger charge is -2.35. The number of amides is 2. The highest BCUT2D eigenvalue weighted by Gasteiger charge is 2.49. The highest BCUT2D eigenvalue weighted by atomic mass is 35.5. The summed E-state index contributed by atoms with van der Waals surface area (Å²) in [4.78, 5) is 27.4. The van der Waals surface area contributed by atoms with Gasteiger partial charge in [0.05, 0.1) is 16.6 Å². The molecular formula is C19H24ClN3O2. The van der Waals surface area contributed by atoms with E-state index >= 15 is 0 Å². The van der Waals surface area contributed by atoms with Crippen LogP contribution in [0.4, 0.5) is 5.69 Å². The van der Waals surface area contributed by atoms with E-state index in [0.29, 0.717) is 35.5 Å². The number of piperidine rings is 1. The van der Waals surface area contributed by atoms with Gasteiger partial charge in [0.1, 0.15) is 6.04 Å². The van der Waals surface area contributed by atoms with Crippen molar-refractivity contribution < 1.29 is 9.59 Å². The topological polar surface area (TPSA) is 75.4 Å². The molecule has 0 radical (unpaired) electrons. The molecule has 0 spiro atoms. The number of benzene rings is 1. The molecule has 1 saturated heterocycles. The van der Waals surface area contributed by atoms with Crippen LogP contribution in [-0.4, -0.2) is 30.4 Å². The Morgan fingerprint density at radius 2 is 1.96 bits per heavy atom. The van der Waals surface area contributed by atoms with Crippen molar-refractivity contribution in [3.63, 3.8) is 0 Å². The van der Waals surface area contributed by atoms with Gasteiger partial charge >= 0.3 is 0 Å². The van der Waals surface area contributed by atoms with E-state index in [-0.39, 0.29) is 23.8 Å². The minimum atomic E-state index is -0.483. The minimum absolute atomic E-state index is 0.0425. The lowest BCUT2D eigenvalue weighted by atomic mass is 9.84. The lowest BCUT2D eigenvalue weighted by Crippen LogP contribution is -2.55. The summed E-state index contributed by atoms with van der Waals surface area (Å²) < 4.78 is 0. The maximum Gasteiger partial charge on any atom is 0.249 e. The highest BCUT2D eigenvalue weighted by Crippen LogP contribution is 2.47. The Morgan fingerprint density at radius 3 is 2.68 bits per heavy atom. The number of anilines is 1. The number of nitrogens with one attached hydrogen (secondary N) is 1. The van der Waals surface area contributed by atoms with Crippen LogP contribution in [0.25, 0.3) is 0 Å². The molecule has 5 atom stereocenters. The average Bonchev–Trinajstić information content (AvgIpc) is 3.18. The van der Waals surface area contributed by atoms with Gasteiger partial charge in [0.2, 0.25) is 11.8 Å². The van der Waals surface area contributed by atoms with Crippen LogP contribution in [0.2, 0.25) is 5.02 Å². The second-order valence-electron chi connectivity index (χ2n) is 7.58. The molecule has 2 bridgehead atoms. The second-order valence-corrected chi connectivity index (χ2v) is 7.99. The summed E-state index contributed by atoms with van der Waals surface area (Å²) in [6, 6.07) is 6.79. The first kappa shape index (κ1) is 16.9. The van der Waals surface area contributed by atoms with Gasteiger partial charge in [-0.15, -0.1) is 0 Å². The summed E-state index contributed by atoms with van der Waals surface area (Å²) in [6.45, 7) is 0.628. The Balaban J connectivity index is 1.47. The molecule has 134 valence electrons. The number of hydrogen-bond acceptors (Lipinski definition) is 3. The molecular weight excluding hydrogens is 338 g/mol. The van der Waals surface area contributed by atoms with E-state index in [4.69, 9.17) is 17.3 Å². The van der Waals surface area contributed by atoms with Crippen molar-refractivity contribution in [1.82, 2.24) is 5.32 Å². The summed E-state index contributed by atoms with van der Waals surface area (Å²) in [5.41, 5.74) is 6.98. The average molecular weight is 362 g/mol. The quantitative estimate of drug-likeness (QED) is 0.867. The molecule has 25 heavy (non-hydrogen) atoms. The molecule has 3 N–H and O–H groups in total. The summed E-state index contributed by atoms with van der Waals surface area (Å²) in [6.07, 6.45) is 4.79. The van der Waals surface area contributed by atoms with Crippen LogP contribution >= 0.6 is 11.6 Å². The van der Waals surface area contributed by atoms with E-state index in [2.05, 4.69) is 5.32 Å². The second kappa shape index (κ2) is 6.61. The zero-order valence-corrected chi connectivity index (χ0v) is 14.9. The van der Waals surface area contributed by atoms with Crippen LogP contribution < -0.4 is 16.0 Å². The molecule has 6 heteroatoms. The number of carbonyl (C=O) groups excluding carboxylic acids is 2. The minimum Gasteiger partial charge on any atom is -0.344 e. The fourth-order valence-electron chi connectivity index (χ4n) is 4.91. The van der Waals surface area contributed by atoms with Gasteiger partial charge in [0, 0.05) is 12.6 Å². The third-order valence-corrected chi connectivity index (χ3v) is 6.50. The van der Waals surface area contributed by atoms with Gasteiger partial charge in [-0.2, -0.15) is 0 Å². The first-order valence-electron chi connectivity index (χ1n) is 9.18. The summed E-state index contributed by atoms with van der Waals surface area (Å²) in [7, 11) is 0. The van der Waals surface area contributed by atoms with Gasteiger partial charge in [-0.3, -0.25) is 9.59 Å². The van der Waals surface area contributed by atoms with E-state index in [1.165, 1.54) is 0 Å². The predicted molar refractivity (Wildman–Crippen MR) is 97.3 cm³/mol. The normalized spacial score (nSPS) is 34.4. The number of fused-ring (bicyclic) bond motifs is 2.